The lowest BCUT2D eigenvalue weighted by atomic mass is 10.2. The number of rotatable bonds is 5. The summed E-state index contributed by atoms with van der Waals surface area (Å²) in [6.07, 6.45) is 2.79. The van der Waals surface area contributed by atoms with Gasteiger partial charge in [0.15, 0.2) is 5.58 Å². The molecule has 1 saturated heterocycles. The number of fused-ring (bicyclic) bond motifs is 1. The van der Waals surface area contributed by atoms with Gasteiger partial charge in [0, 0.05) is 30.9 Å². The Hall–Kier alpha value is -2.98. The molecule has 4 rings (SSSR count). The maximum atomic E-state index is 12.8. The number of oxazole rings is 1. The van der Waals surface area contributed by atoms with Gasteiger partial charge < -0.3 is 9.73 Å². The van der Waals surface area contributed by atoms with Crippen LogP contribution in [0.1, 0.15) is 19.3 Å². The molecular formula is C18H18N4O5S. The summed E-state index contributed by atoms with van der Waals surface area (Å²) in [6, 6.07) is 10.6. The van der Waals surface area contributed by atoms with Crippen molar-refractivity contribution in [3.63, 3.8) is 0 Å². The summed E-state index contributed by atoms with van der Waals surface area (Å²) >= 11 is 0. The molecule has 0 unspecified atom stereocenters. The predicted octanol–water partition coefficient (Wildman–Crippen LogP) is 3.65. The number of anilines is 2. The Balaban J connectivity index is 1.58. The number of nitrogens with zero attached hydrogens (tertiary/aromatic N) is 3. The highest BCUT2D eigenvalue weighted by atomic mass is 32.2. The highest BCUT2D eigenvalue weighted by Crippen LogP contribution is 2.27. The molecule has 10 heteroatoms. The van der Waals surface area contributed by atoms with Gasteiger partial charge in [-0.25, -0.2) is 8.42 Å². The van der Waals surface area contributed by atoms with E-state index in [2.05, 4.69) is 10.3 Å². The van der Waals surface area contributed by atoms with E-state index in [1.807, 2.05) is 0 Å². The third-order valence-corrected chi connectivity index (χ3v) is 6.54. The molecule has 0 radical (unpaired) electrons. The Kier molecular flexibility index (Phi) is 4.73. The van der Waals surface area contributed by atoms with Gasteiger partial charge in [-0.05, 0) is 43.2 Å². The number of aromatic nitrogens is 1. The first-order valence-electron chi connectivity index (χ1n) is 8.86. The maximum absolute atomic E-state index is 12.8. The summed E-state index contributed by atoms with van der Waals surface area (Å²) < 4.78 is 32.7. The minimum absolute atomic E-state index is 0.0179. The lowest BCUT2D eigenvalue weighted by Crippen LogP contribution is -2.35. The Bertz CT molecular complexity index is 1120. The minimum Gasteiger partial charge on any atom is -0.423 e. The van der Waals surface area contributed by atoms with Crippen LogP contribution in [0.4, 0.5) is 17.4 Å². The summed E-state index contributed by atoms with van der Waals surface area (Å²) in [5, 5.41) is 13.6. The number of benzene rings is 2. The van der Waals surface area contributed by atoms with E-state index >= 15 is 0 Å². The first-order valence-corrected chi connectivity index (χ1v) is 10.3. The molecular weight excluding hydrogens is 384 g/mol. The molecule has 0 aliphatic carbocycles. The second-order valence-corrected chi connectivity index (χ2v) is 8.48. The second-order valence-electron chi connectivity index (χ2n) is 6.54. The van der Waals surface area contributed by atoms with E-state index in [9.17, 15) is 18.5 Å². The molecule has 2 aromatic carbocycles. The smallest absolute Gasteiger partial charge is 0.300 e. The fraction of sp³-hybridized carbons (Fsp3) is 0.278. The van der Waals surface area contributed by atoms with Crippen molar-refractivity contribution in [1.29, 1.82) is 0 Å². The number of non-ortho nitro benzene ring substituents is 1. The van der Waals surface area contributed by atoms with Gasteiger partial charge in [-0.15, -0.1) is 0 Å². The fourth-order valence-corrected chi connectivity index (χ4v) is 4.70. The van der Waals surface area contributed by atoms with Gasteiger partial charge in [0.25, 0.3) is 11.7 Å². The van der Waals surface area contributed by atoms with Crippen molar-refractivity contribution in [2.24, 2.45) is 0 Å². The highest BCUT2D eigenvalue weighted by Gasteiger charge is 2.26. The van der Waals surface area contributed by atoms with Crippen LogP contribution in [0.5, 0.6) is 0 Å². The third kappa shape index (κ3) is 3.56. The normalized spacial score (nSPS) is 15.6. The van der Waals surface area contributed by atoms with Gasteiger partial charge >= 0.3 is 0 Å². The molecule has 1 aliphatic heterocycles. The first kappa shape index (κ1) is 18.4. The van der Waals surface area contributed by atoms with Gasteiger partial charge in [0.05, 0.1) is 9.82 Å². The van der Waals surface area contributed by atoms with Crippen molar-refractivity contribution in [3.05, 3.63) is 52.6 Å². The van der Waals surface area contributed by atoms with Crippen LogP contribution >= 0.6 is 0 Å². The zero-order chi connectivity index (χ0) is 19.7. The van der Waals surface area contributed by atoms with Crippen LogP contribution in [0.3, 0.4) is 0 Å². The van der Waals surface area contributed by atoms with Gasteiger partial charge in [0.2, 0.25) is 10.0 Å². The maximum Gasteiger partial charge on any atom is 0.300 e. The number of sulfonamides is 1. The lowest BCUT2D eigenvalue weighted by Gasteiger charge is -2.25. The molecule has 0 saturated carbocycles. The Morgan fingerprint density at radius 1 is 1.07 bits per heavy atom. The number of nitro benzene ring substituents is 1. The topological polar surface area (TPSA) is 119 Å². The van der Waals surface area contributed by atoms with Crippen LogP contribution < -0.4 is 5.32 Å². The summed E-state index contributed by atoms with van der Waals surface area (Å²) in [5.74, 6) is 0. The molecule has 2 heterocycles. The van der Waals surface area contributed by atoms with Crippen molar-refractivity contribution in [3.8, 4) is 0 Å². The largest absolute Gasteiger partial charge is 0.423 e. The van der Waals surface area contributed by atoms with Crippen molar-refractivity contribution in [2.45, 2.75) is 24.2 Å². The van der Waals surface area contributed by atoms with Gasteiger partial charge in [-0.2, -0.15) is 9.29 Å². The van der Waals surface area contributed by atoms with Crippen molar-refractivity contribution in [2.75, 3.05) is 18.4 Å². The average molecular weight is 402 g/mol. The van der Waals surface area contributed by atoms with E-state index in [1.165, 1.54) is 28.6 Å². The van der Waals surface area contributed by atoms with Crippen LogP contribution in [-0.2, 0) is 10.0 Å². The molecule has 1 aliphatic rings. The molecule has 0 amide bonds. The highest BCUT2D eigenvalue weighted by molar-refractivity contribution is 7.89. The van der Waals surface area contributed by atoms with Crippen LogP contribution in [0, 0.1) is 10.1 Å². The van der Waals surface area contributed by atoms with Gasteiger partial charge in [-0.3, -0.25) is 10.1 Å². The molecule has 0 spiro atoms. The van der Waals surface area contributed by atoms with Gasteiger partial charge in [-0.1, -0.05) is 6.42 Å². The van der Waals surface area contributed by atoms with Crippen LogP contribution in [-0.4, -0.2) is 35.7 Å². The molecule has 1 fully saturated rings. The zero-order valence-corrected chi connectivity index (χ0v) is 15.7. The van der Waals surface area contributed by atoms with E-state index in [0.717, 1.165) is 19.3 Å². The van der Waals surface area contributed by atoms with E-state index in [1.54, 1.807) is 18.2 Å². The molecule has 146 valence electrons. The van der Waals surface area contributed by atoms with E-state index in [-0.39, 0.29) is 16.6 Å². The Morgan fingerprint density at radius 3 is 2.46 bits per heavy atom. The molecule has 0 bridgehead atoms. The lowest BCUT2D eigenvalue weighted by molar-refractivity contribution is -0.384. The summed E-state index contributed by atoms with van der Waals surface area (Å²) in [4.78, 5) is 14.7. The standard InChI is InChI=1S/C18H18N4O5S/c23-22(24)14-6-4-13(5-7-14)19-18-20-16-12-15(8-9-17(16)27-18)28(25,26)21-10-2-1-3-11-21/h4-9,12H,1-3,10-11H2,(H,19,20). The molecule has 28 heavy (non-hydrogen) atoms. The SMILES string of the molecule is O=[N+]([O-])c1ccc(Nc2nc3cc(S(=O)(=O)N4CCCCC4)ccc3o2)cc1. The van der Waals surface area contributed by atoms with Crippen molar-refractivity contribution < 1.29 is 17.8 Å². The van der Waals surface area contributed by atoms with Gasteiger partial charge in [0.1, 0.15) is 5.52 Å². The fourth-order valence-electron chi connectivity index (χ4n) is 3.17. The van der Waals surface area contributed by atoms with Crippen LogP contribution in [0.15, 0.2) is 51.8 Å². The molecule has 1 aromatic heterocycles. The average Bonchev–Trinajstić information content (AvgIpc) is 3.10. The summed E-state index contributed by atoms with van der Waals surface area (Å²) in [6.45, 7) is 1.07. The molecule has 1 N–H and O–H groups in total. The molecule has 3 aromatic rings. The summed E-state index contributed by atoms with van der Waals surface area (Å²) in [5.41, 5.74) is 1.42. The molecule has 9 nitrogen and oxygen atoms in total. The first-order chi connectivity index (χ1) is 13.4. The number of hydrogen-bond acceptors (Lipinski definition) is 7. The van der Waals surface area contributed by atoms with Crippen molar-refractivity contribution in [1.82, 2.24) is 9.29 Å². The predicted molar refractivity (Wildman–Crippen MR) is 103 cm³/mol. The quantitative estimate of drug-likeness (QED) is 0.511. The molecule has 0 atom stereocenters. The van der Waals surface area contributed by atoms with Crippen molar-refractivity contribution >= 4 is 38.5 Å². The van der Waals surface area contributed by atoms with E-state index in [4.69, 9.17) is 4.42 Å². The zero-order valence-electron chi connectivity index (χ0n) is 14.9. The monoisotopic (exact) mass is 402 g/mol. The number of piperidine rings is 1. The minimum atomic E-state index is -3.55. The number of nitro groups is 1. The Labute approximate surface area is 161 Å². The summed E-state index contributed by atoms with van der Waals surface area (Å²) in [7, 11) is -3.55. The van der Waals surface area contributed by atoms with Crippen LogP contribution in [0.2, 0.25) is 0 Å². The third-order valence-electron chi connectivity index (χ3n) is 4.64. The number of hydrogen-bond donors (Lipinski definition) is 1. The van der Waals surface area contributed by atoms with E-state index < -0.39 is 14.9 Å². The second kappa shape index (κ2) is 7.21. The Morgan fingerprint density at radius 2 is 1.79 bits per heavy atom. The number of nitrogens with one attached hydrogen (secondary N) is 1. The van der Waals surface area contributed by atoms with E-state index in [0.29, 0.717) is 29.9 Å². The van der Waals surface area contributed by atoms with Crippen LogP contribution in [0.25, 0.3) is 11.1 Å².